The molecule has 1 aliphatic carbocycles. The fraction of sp³-hybridized carbons (Fsp3) is 0.500. The molecule has 1 aliphatic rings. The van der Waals surface area contributed by atoms with E-state index in [4.69, 9.17) is 5.11 Å². The number of nitrogens with one attached hydrogen (secondary N) is 1. The van der Waals surface area contributed by atoms with Crippen LogP contribution in [-0.4, -0.2) is 31.3 Å². The predicted molar refractivity (Wildman–Crippen MR) is 76.0 cm³/mol. The van der Waals surface area contributed by atoms with Crippen LogP contribution in [0.3, 0.4) is 0 Å². The molecule has 2 rings (SSSR count). The molecule has 0 radical (unpaired) electrons. The number of benzene rings is 1. The maximum Gasteiger partial charge on any atom is 0.320 e. The van der Waals surface area contributed by atoms with Crippen LogP contribution in [-0.2, 0) is 14.8 Å². The lowest BCUT2D eigenvalue weighted by atomic mass is 9.82. The van der Waals surface area contributed by atoms with E-state index in [1.807, 2.05) is 18.2 Å². The standard InChI is InChI=1S/C14H19NO4S/c16-14(17)10-20(18,19)15-13-8-6-12(7-9-13)11-4-2-1-3-5-11/h1-5,12-13,15H,6-10H2,(H,16,17). The first kappa shape index (κ1) is 15.0. The third kappa shape index (κ3) is 4.31. The van der Waals surface area contributed by atoms with Gasteiger partial charge in [0.25, 0.3) is 0 Å². The molecule has 20 heavy (non-hydrogen) atoms. The van der Waals surface area contributed by atoms with E-state index in [0.717, 1.165) is 25.7 Å². The van der Waals surface area contributed by atoms with Crippen LogP contribution in [0.2, 0.25) is 0 Å². The minimum absolute atomic E-state index is 0.140. The van der Waals surface area contributed by atoms with Gasteiger partial charge in [0.2, 0.25) is 10.0 Å². The van der Waals surface area contributed by atoms with Gasteiger partial charge in [-0.2, -0.15) is 0 Å². The maximum atomic E-state index is 11.6. The maximum absolute atomic E-state index is 11.6. The van der Waals surface area contributed by atoms with Crippen LogP contribution in [0.4, 0.5) is 0 Å². The molecular weight excluding hydrogens is 278 g/mol. The van der Waals surface area contributed by atoms with Crippen molar-refractivity contribution in [2.45, 2.75) is 37.6 Å². The van der Waals surface area contributed by atoms with Gasteiger partial charge in [0.15, 0.2) is 5.75 Å². The van der Waals surface area contributed by atoms with Gasteiger partial charge in [-0.1, -0.05) is 30.3 Å². The minimum atomic E-state index is -3.71. The molecule has 0 aliphatic heterocycles. The van der Waals surface area contributed by atoms with Gasteiger partial charge in [0.1, 0.15) is 0 Å². The number of aliphatic carboxylic acids is 1. The van der Waals surface area contributed by atoms with Crippen LogP contribution >= 0.6 is 0 Å². The molecule has 110 valence electrons. The first-order valence-electron chi connectivity index (χ1n) is 6.73. The van der Waals surface area contributed by atoms with Crippen molar-refractivity contribution < 1.29 is 18.3 Å². The quantitative estimate of drug-likeness (QED) is 0.866. The summed E-state index contributed by atoms with van der Waals surface area (Å²) in [5, 5.41) is 8.55. The third-order valence-electron chi connectivity index (χ3n) is 3.66. The molecule has 1 saturated carbocycles. The first-order chi connectivity index (χ1) is 9.46. The summed E-state index contributed by atoms with van der Waals surface area (Å²) in [5.41, 5.74) is 1.29. The van der Waals surface area contributed by atoms with Gasteiger partial charge in [-0.15, -0.1) is 0 Å². The lowest BCUT2D eigenvalue weighted by molar-refractivity contribution is -0.134. The fourth-order valence-electron chi connectivity index (χ4n) is 2.73. The molecule has 0 aromatic heterocycles. The van der Waals surface area contributed by atoms with Crippen molar-refractivity contribution in [3.63, 3.8) is 0 Å². The van der Waals surface area contributed by atoms with Gasteiger partial charge in [-0.3, -0.25) is 4.79 Å². The minimum Gasteiger partial charge on any atom is -0.480 e. The lowest BCUT2D eigenvalue weighted by Gasteiger charge is -2.29. The van der Waals surface area contributed by atoms with Crippen molar-refractivity contribution in [3.05, 3.63) is 35.9 Å². The van der Waals surface area contributed by atoms with E-state index in [0.29, 0.717) is 5.92 Å². The number of carboxylic acid groups (broad SMARTS) is 1. The topological polar surface area (TPSA) is 83.5 Å². The number of sulfonamides is 1. The van der Waals surface area contributed by atoms with Crippen LogP contribution < -0.4 is 4.72 Å². The largest absolute Gasteiger partial charge is 0.480 e. The highest BCUT2D eigenvalue weighted by Gasteiger charge is 2.26. The van der Waals surface area contributed by atoms with E-state index < -0.39 is 21.7 Å². The summed E-state index contributed by atoms with van der Waals surface area (Å²) >= 11 is 0. The third-order valence-corrected chi connectivity index (χ3v) is 4.98. The number of carboxylic acids is 1. The Morgan fingerprint density at radius 1 is 1.15 bits per heavy atom. The zero-order valence-corrected chi connectivity index (χ0v) is 12.0. The highest BCUT2D eigenvalue weighted by Crippen LogP contribution is 2.32. The van der Waals surface area contributed by atoms with Crippen LogP contribution in [0, 0.1) is 0 Å². The van der Waals surface area contributed by atoms with Gasteiger partial charge in [0, 0.05) is 6.04 Å². The number of hydrogen-bond donors (Lipinski definition) is 2. The summed E-state index contributed by atoms with van der Waals surface area (Å²) in [6, 6.07) is 10.1. The van der Waals surface area contributed by atoms with Gasteiger partial charge in [0.05, 0.1) is 0 Å². The van der Waals surface area contributed by atoms with Crippen LogP contribution in [0.5, 0.6) is 0 Å². The van der Waals surface area contributed by atoms with E-state index in [1.165, 1.54) is 5.56 Å². The predicted octanol–water partition coefficient (Wildman–Crippen LogP) is 1.72. The fourth-order valence-corrected chi connectivity index (χ4v) is 3.88. The number of rotatable bonds is 5. The van der Waals surface area contributed by atoms with Crippen LogP contribution in [0.25, 0.3) is 0 Å². The zero-order chi connectivity index (χ0) is 14.6. The molecule has 6 heteroatoms. The Morgan fingerprint density at radius 2 is 1.75 bits per heavy atom. The van der Waals surface area contributed by atoms with Crippen molar-refractivity contribution in [2.24, 2.45) is 0 Å². The van der Waals surface area contributed by atoms with E-state index >= 15 is 0 Å². The summed E-state index contributed by atoms with van der Waals surface area (Å²) in [5.74, 6) is -1.71. The Morgan fingerprint density at radius 3 is 2.30 bits per heavy atom. The van der Waals surface area contributed by atoms with Gasteiger partial charge in [-0.25, -0.2) is 13.1 Å². The molecule has 1 aromatic rings. The van der Waals surface area contributed by atoms with Crippen LogP contribution in [0.15, 0.2) is 30.3 Å². The molecule has 0 amide bonds. The molecule has 1 aromatic carbocycles. The van der Waals surface area contributed by atoms with Crippen LogP contribution in [0.1, 0.15) is 37.2 Å². The molecule has 1 fully saturated rings. The molecular formula is C14H19NO4S. The van der Waals surface area contributed by atoms with Crippen molar-refractivity contribution in [1.29, 1.82) is 0 Å². The van der Waals surface area contributed by atoms with E-state index in [1.54, 1.807) is 0 Å². The Balaban J connectivity index is 1.87. The van der Waals surface area contributed by atoms with Crippen molar-refractivity contribution in [1.82, 2.24) is 4.72 Å². The second-order valence-corrected chi connectivity index (χ2v) is 6.98. The Hall–Kier alpha value is -1.40. The number of carbonyl (C=O) groups is 1. The second-order valence-electron chi connectivity index (χ2n) is 5.23. The van der Waals surface area contributed by atoms with E-state index in [2.05, 4.69) is 16.9 Å². The molecule has 0 spiro atoms. The van der Waals surface area contributed by atoms with Gasteiger partial charge in [-0.05, 0) is 37.2 Å². The first-order valence-corrected chi connectivity index (χ1v) is 8.38. The zero-order valence-electron chi connectivity index (χ0n) is 11.2. The Bertz CT molecular complexity index is 548. The van der Waals surface area contributed by atoms with Crippen molar-refractivity contribution >= 4 is 16.0 Å². The van der Waals surface area contributed by atoms with Crippen molar-refractivity contribution in [3.8, 4) is 0 Å². The van der Waals surface area contributed by atoms with Crippen molar-refractivity contribution in [2.75, 3.05) is 5.75 Å². The monoisotopic (exact) mass is 297 g/mol. The molecule has 2 N–H and O–H groups in total. The highest BCUT2D eigenvalue weighted by atomic mass is 32.2. The van der Waals surface area contributed by atoms with Gasteiger partial charge >= 0.3 is 5.97 Å². The summed E-state index contributed by atoms with van der Waals surface area (Å²) < 4.78 is 25.6. The summed E-state index contributed by atoms with van der Waals surface area (Å²) in [4.78, 5) is 10.5. The summed E-state index contributed by atoms with van der Waals surface area (Å²) in [6.07, 6.45) is 3.34. The average molecular weight is 297 g/mol. The summed E-state index contributed by atoms with van der Waals surface area (Å²) in [6.45, 7) is 0. The Labute approximate surface area is 119 Å². The molecule has 5 nitrogen and oxygen atoms in total. The van der Waals surface area contributed by atoms with E-state index in [9.17, 15) is 13.2 Å². The smallest absolute Gasteiger partial charge is 0.320 e. The SMILES string of the molecule is O=C(O)CS(=O)(=O)NC1CCC(c2ccccc2)CC1. The average Bonchev–Trinajstić information content (AvgIpc) is 2.38. The molecule has 0 atom stereocenters. The Kier molecular flexibility index (Phi) is 4.77. The number of hydrogen-bond acceptors (Lipinski definition) is 3. The molecule has 0 heterocycles. The molecule has 0 bridgehead atoms. The summed E-state index contributed by atoms with van der Waals surface area (Å²) in [7, 11) is -3.71. The lowest BCUT2D eigenvalue weighted by Crippen LogP contribution is -2.40. The van der Waals surface area contributed by atoms with E-state index in [-0.39, 0.29) is 6.04 Å². The normalized spacial score (nSPS) is 23.4. The van der Waals surface area contributed by atoms with Gasteiger partial charge < -0.3 is 5.11 Å². The molecule has 0 saturated heterocycles. The highest BCUT2D eigenvalue weighted by molar-refractivity contribution is 7.90. The second kappa shape index (κ2) is 6.37. The molecule has 0 unspecified atom stereocenters.